The lowest BCUT2D eigenvalue weighted by Crippen LogP contribution is -2.14. The van der Waals surface area contributed by atoms with Crippen LogP contribution in [0.1, 0.15) is 36.4 Å². The number of hydrogen-bond acceptors (Lipinski definition) is 4. The maximum Gasteiger partial charge on any atom is 0.164 e. The van der Waals surface area contributed by atoms with Crippen LogP contribution < -0.4 is 0 Å². The molecule has 0 radical (unpaired) electrons. The molecular weight excluding hydrogens is 735 g/mol. The molecule has 1 aliphatic carbocycles. The SMILES string of the molecule is CC1(C)c2ccccc2-c2c(-c3nc(Cc4cccc5sc6ccc(-c7ccc8c9ccccc9c9ccccc9c8c7)cc6c45)nc(-c4ccccc4)n3)cccc21. The lowest BCUT2D eigenvalue weighted by Gasteiger charge is -2.21. The smallest absolute Gasteiger partial charge is 0.164 e. The van der Waals surface area contributed by atoms with Gasteiger partial charge in [-0.15, -0.1) is 11.3 Å². The highest BCUT2D eigenvalue weighted by Gasteiger charge is 2.37. The highest BCUT2D eigenvalue weighted by molar-refractivity contribution is 7.25. The van der Waals surface area contributed by atoms with Crippen LogP contribution in [0.25, 0.3) is 97.5 Å². The van der Waals surface area contributed by atoms with Crippen molar-refractivity contribution in [3.63, 3.8) is 0 Å². The molecule has 0 amide bonds. The standard InChI is InChI=1S/C55H37N3S/c1-55(2)46-23-11-10-21-42(46)52-43(22-13-24-47(52)55)54-57-50(56-53(58-54)33-14-4-3-5-15-33)32-36-16-12-25-49-51(36)45-31-35(27-29-48(45)59-49)34-26-28-41-39-19-7-6-17-37(39)38-18-8-9-20-40(38)44(41)30-34/h3-31H,32H2,1-2H3. The maximum atomic E-state index is 5.32. The highest BCUT2D eigenvalue weighted by Crippen LogP contribution is 2.51. The van der Waals surface area contributed by atoms with Crippen LogP contribution in [0.3, 0.4) is 0 Å². The summed E-state index contributed by atoms with van der Waals surface area (Å²) in [6.45, 7) is 4.63. The van der Waals surface area contributed by atoms with E-state index in [2.05, 4.69) is 172 Å². The minimum Gasteiger partial charge on any atom is -0.213 e. The molecule has 4 heteroatoms. The van der Waals surface area contributed by atoms with Crippen molar-refractivity contribution in [1.29, 1.82) is 0 Å². The number of hydrogen-bond donors (Lipinski definition) is 0. The molecule has 0 fully saturated rings. The Morgan fingerprint density at radius 2 is 1.02 bits per heavy atom. The summed E-state index contributed by atoms with van der Waals surface area (Å²) in [5, 5.41) is 10.3. The first-order valence-corrected chi connectivity index (χ1v) is 21.1. The normalized spacial score (nSPS) is 13.1. The Balaban J connectivity index is 1.01. The Kier molecular flexibility index (Phi) is 7.51. The van der Waals surface area contributed by atoms with Crippen molar-refractivity contribution in [2.75, 3.05) is 0 Å². The van der Waals surface area contributed by atoms with Crippen LogP contribution in [-0.4, -0.2) is 15.0 Å². The number of fused-ring (bicyclic) bond motifs is 12. The van der Waals surface area contributed by atoms with E-state index >= 15 is 0 Å². The molecule has 278 valence electrons. The Morgan fingerprint density at radius 1 is 0.424 bits per heavy atom. The van der Waals surface area contributed by atoms with Gasteiger partial charge in [0.05, 0.1) is 0 Å². The number of nitrogens with zero attached hydrogens (tertiary/aromatic N) is 3. The second kappa shape index (κ2) is 13.0. The Morgan fingerprint density at radius 3 is 1.80 bits per heavy atom. The third-order valence-corrected chi connectivity index (χ3v) is 13.7. The maximum absolute atomic E-state index is 5.32. The minimum atomic E-state index is -0.121. The fourth-order valence-corrected chi connectivity index (χ4v) is 10.9. The molecule has 0 unspecified atom stereocenters. The second-order valence-corrected chi connectivity index (χ2v) is 17.4. The predicted molar refractivity (Wildman–Crippen MR) is 248 cm³/mol. The van der Waals surface area contributed by atoms with Crippen molar-refractivity contribution < 1.29 is 0 Å². The van der Waals surface area contributed by atoms with Crippen LogP contribution in [0.5, 0.6) is 0 Å². The summed E-state index contributed by atoms with van der Waals surface area (Å²) in [5.41, 5.74) is 10.6. The van der Waals surface area contributed by atoms with Crippen molar-refractivity contribution in [2.24, 2.45) is 0 Å². The Labute approximate surface area is 346 Å². The van der Waals surface area contributed by atoms with Gasteiger partial charge >= 0.3 is 0 Å². The van der Waals surface area contributed by atoms with E-state index in [-0.39, 0.29) is 5.41 Å². The van der Waals surface area contributed by atoms with Crippen LogP contribution >= 0.6 is 11.3 Å². The molecule has 0 saturated heterocycles. The van der Waals surface area contributed by atoms with E-state index in [1.54, 1.807) is 0 Å². The molecule has 0 aliphatic heterocycles. The van der Waals surface area contributed by atoms with E-state index in [1.165, 1.54) is 91.4 Å². The van der Waals surface area contributed by atoms with Gasteiger partial charge in [0.25, 0.3) is 0 Å². The van der Waals surface area contributed by atoms with Crippen molar-refractivity contribution in [3.05, 3.63) is 198 Å². The first-order chi connectivity index (χ1) is 29.0. The summed E-state index contributed by atoms with van der Waals surface area (Å²) in [4.78, 5) is 15.7. The number of aromatic nitrogens is 3. The molecule has 9 aromatic carbocycles. The van der Waals surface area contributed by atoms with Gasteiger partial charge in [0.2, 0.25) is 0 Å². The van der Waals surface area contributed by atoms with Gasteiger partial charge in [-0.1, -0.05) is 166 Å². The number of benzene rings is 9. The Bertz CT molecular complexity index is 3470. The zero-order chi connectivity index (χ0) is 39.2. The molecule has 2 aromatic heterocycles. The summed E-state index contributed by atoms with van der Waals surface area (Å²) in [6.07, 6.45) is 0.578. The van der Waals surface area contributed by atoms with Crippen LogP contribution in [0.4, 0.5) is 0 Å². The van der Waals surface area contributed by atoms with Crippen molar-refractivity contribution in [2.45, 2.75) is 25.7 Å². The van der Waals surface area contributed by atoms with E-state index in [0.717, 1.165) is 17.0 Å². The second-order valence-electron chi connectivity index (χ2n) is 16.3. The number of rotatable bonds is 5. The van der Waals surface area contributed by atoms with Crippen molar-refractivity contribution in [3.8, 4) is 45.0 Å². The summed E-state index contributed by atoms with van der Waals surface area (Å²) in [7, 11) is 0. The zero-order valence-corrected chi connectivity index (χ0v) is 33.5. The van der Waals surface area contributed by atoms with Gasteiger partial charge in [-0.2, -0.15) is 0 Å². The van der Waals surface area contributed by atoms with Crippen molar-refractivity contribution >= 4 is 63.8 Å². The van der Waals surface area contributed by atoms with Crippen molar-refractivity contribution in [1.82, 2.24) is 15.0 Å². The third-order valence-electron chi connectivity index (χ3n) is 12.6. The molecule has 0 bridgehead atoms. The van der Waals surface area contributed by atoms with E-state index in [9.17, 15) is 0 Å². The van der Waals surface area contributed by atoms with Gasteiger partial charge in [0, 0.05) is 43.1 Å². The number of thiophene rings is 1. The van der Waals surface area contributed by atoms with E-state index in [4.69, 9.17) is 15.0 Å². The van der Waals surface area contributed by atoms with Crippen LogP contribution in [0.2, 0.25) is 0 Å². The highest BCUT2D eigenvalue weighted by atomic mass is 32.1. The van der Waals surface area contributed by atoms with E-state index in [1.807, 2.05) is 29.5 Å². The molecule has 3 nitrogen and oxygen atoms in total. The average molecular weight is 772 g/mol. The van der Waals surface area contributed by atoms with Crippen LogP contribution in [-0.2, 0) is 11.8 Å². The zero-order valence-electron chi connectivity index (χ0n) is 32.7. The summed E-state index contributed by atoms with van der Waals surface area (Å²) in [6, 6.07) is 63.9. The first kappa shape index (κ1) is 34.1. The Hall–Kier alpha value is -7.01. The van der Waals surface area contributed by atoms with Gasteiger partial charge in [-0.25, -0.2) is 15.0 Å². The lowest BCUT2D eigenvalue weighted by molar-refractivity contribution is 0.660. The molecular formula is C55H37N3S. The van der Waals surface area contributed by atoms with Crippen LogP contribution in [0, 0.1) is 0 Å². The molecule has 0 N–H and O–H groups in total. The minimum absolute atomic E-state index is 0.121. The van der Waals surface area contributed by atoms with Gasteiger partial charge in [-0.05, 0) is 95.5 Å². The monoisotopic (exact) mass is 771 g/mol. The van der Waals surface area contributed by atoms with E-state index in [0.29, 0.717) is 18.1 Å². The van der Waals surface area contributed by atoms with Gasteiger partial charge in [0.15, 0.2) is 11.6 Å². The van der Waals surface area contributed by atoms with Gasteiger partial charge < -0.3 is 0 Å². The van der Waals surface area contributed by atoms with Crippen LogP contribution in [0.15, 0.2) is 176 Å². The summed E-state index contributed by atoms with van der Waals surface area (Å²) in [5.74, 6) is 2.16. The molecule has 0 saturated carbocycles. The molecule has 1 aliphatic rings. The van der Waals surface area contributed by atoms with Gasteiger partial charge in [0.1, 0.15) is 5.82 Å². The molecule has 2 heterocycles. The third kappa shape index (κ3) is 5.30. The molecule has 0 spiro atoms. The van der Waals surface area contributed by atoms with Gasteiger partial charge in [-0.3, -0.25) is 0 Å². The van der Waals surface area contributed by atoms with E-state index < -0.39 is 0 Å². The average Bonchev–Trinajstić information content (AvgIpc) is 3.78. The largest absolute Gasteiger partial charge is 0.213 e. The lowest BCUT2D eigenvalue weighted by atomic mass is 9.82. The summed E-state index contributed by atoms with van der Waals surface area (Å²) >= 11 is 1.85. The molecule has 12 rings (SSSR count). The molecule has 59 heavy (non-hydrogen) atoms. The molecule has 0 atom stereocenters. The topological polar surface area (TPSA) is 38.7 Å². The summed E-state index contributed by atoms with van der Waals surface area (Å²) < 4.78 is 2.54. The predicted octanol–water partition coefficient (Wildman–Crippen LogP) is 14.6. The molecule has 11 aromatic rings. The fourth-order valence-electron chi connectivity index (χ4n) is 9.76. The first-order valence-electron chi connectivity index (χ1n) is 20.3. The fraction of sp³-hybridized carbons (Fsp3) is 0.0727. The quantitative estimate of drug-likeness (QED) is 0.164.